The van der Waals surface area contributed by atoms with Crippen LogP contribution in [0.5, 0.6) is 5.88 Å². The van der Waals surface area contributed by atoms with Crippen LogP contribution >= 0.6 is 11.6 Å². The zero-order valence-corrected chi connectivity index (χ0v) is 14.1. The summed E-state index contributed by atoms with van der Waals surface area (Å²) in [6.45, 7) is 0. The maximum atomic E-state index is 12.3. The average molecular weight is 366 g/mol. The zero-order chi connectivity index (χ0) is 18.3. The third-order valence-corrected chi connectivity index (χ3v) is 4.32. The Morgan fingerprint density at radius 1 is 1.08 bits per heavy atom. The second-order valence-electron chi connectivity index (χ2n) is 5.68. The molecule has 7 heteroatoms. The molecule has 2 N–H and O–H groups in total. The molecule has 0 aliphatic carbocycles. The molecule has 0 fully saturated rings. The molecule has 1 aliphatic rings. The smallest absolute Gasteiger partial charge is 0.335 e. The Kier molecular flexibility index (Phi) is 3.82. The highest BCUT2D eigenvalue weighted by molar-refractivity contribution is 6.30. The molecular weight excluding hydrogens is 354 g/mol. The van der Waals surface area contributed by atoms with Crippen molar-refractivity contribution in [2.24, 2.45) is 4.99 Å². The zero-order valence-electron chi connectivity index (χ0n) is 13.3. The molecule has 26 heavy (non-hydrogen) atoms. The summed E-state index contributed by atoms with van der Waals surface area (Å²) < 4.78 is 1.02. The van der Waals surface area contributed by atoms with E-state index in [2.05, 4.69) is 9.98 Å². The Bertz CT molecular complexity index is 1190. The third-order valence-electron chi connectivity index (χ3n) is 4.06. The summed E-state index contributed by atoms with van der Waals surface area (Å²) in [5.74, 6) is -0.452. The second-order valence-corrected chi connectivity index (χ2v) is 6.12. The minimum atomic E-state index is -0.738. The second kappa shape index (κ2) is 6.16. The fourth-order valence-electron chi connectivity index (χ4n) is 2.81. The summed E-state index contributed by atoms with van der Waals surface area (Å²) >= 11 is 5.86. The van der Waals surface area contributed by atoms with E-state index in [0.29, 0.717) is 16.3 Å². The number of H-pyrrole nitrogens is 1. The van der Waals surface area contributed by atoms with Crippen molar-refractivity contribution in [3.8, 4) is 11.6 Å². The van der Waals surface area contributed by atoms with Crippen LogP contribution in [0, 0.1) is 0 Å². The molecule has 128 valence electrons. The Morgan fingerprint density at radius 2 is 1.81 bits per heavy atom. The lowest BCUT2D eigenvalue weighted by molar-refractivity contribution is 0.429. The van der Waals surface area contributed by atoms with Crippen molar-refractivity contribution in [2.45, 2.75) is 0 Å². The normalized spacial score (nSPS) is 14.0. The fraction of sp³-hybridized carbons (Fsp3) is 0. The van der Waals surface area contributed by atoms with E-state index in [1.54, 1.807) is 30.5 Å². The van der Waals surface area contributed by atoms with E-state index in [1.165, 1.54) is 6.08 Å². The summed E-state index contributed by atoms with van der Waals surface area (Å²) in [7, 11) is 0. The van der Waals surface area contributed by atoms with Crippen molar-refractivity contribution in [2.75, 3.05) is 0 Å². The van der Waals surface area contributed by atoms with Gasteiger partial charge in [-0.15, -0.1) is 0 Å². The summed E-state index contributed by atoms with van der Waals surface area (Å²) in [6.07, 6.45) is 3.12. The van der Waals surface area contributed by atoms with Gasteiger partial charge in [0.25, 0.3) is 5.56 Å². The molecule has 0 atom stereocenters. The highest BCUT2D eigenvalue weighted by Gasteiger charge is 2.17. The van der Waals surface area contributed by atoms with Crippen LogP contribution in [-0.2, 0) is 0 Å². The van der Waals surface area contributed by atoms with Gasteiger partial charge in [0, 0.05) is 22.4 Å². The molecule has 0 spiro atoms. The van der Waals surface area contributed by atoms with E-state index in [9.17, 15) is 14.7 Å². The molecule has 6 nitrogen and oxygen atoms in total. The van der Waals surface area contributed by atoms with Crippen molar-refractivity contribution in [1.29, 1.82) is 0 Å². The van der Waals surface area contributed by atoms with Crippen molar-refractivity contribution < 1.29 is 5.11 Å². The summed E-state index contributed by atoms with van der Waals surface area (Å²) in [6, 6.07) is 13.8. The molecule has 0 saturated heterocycles. The number of nitrogens with zero attached hydrogens (tertiary/aromatic N) is 2. The number of halogens is 1. The van der Waals surface area contributed by atoms with Crippen LogP contribution in [0.1, 0.15) is 11.1 Å². The lowest BCUT2D eigenvalue weighted by Crippen LogP contribution is -2.30. The Morgan fingerprint density at radius 3 is 2.58 bits per heavy atom. The van der Waals surface area contributed by atoms with Gasteiger partial charge in [0.2, 0.25) is 5.88 Å². The van der Waals surface area contributed by atoms with Crippen LogP contribution in [0.25, 0.3) is 17.3 Å². The molecule has 2 aromatic carbocycles. The molecule has 0 saturated carbocycles. The first kappa shape index (κ1) is 16.1. The van der Waals surface area contributed by atoms with Crippen LogP contribution in [-0.4, -0.2) is 20.9 Å². The largest absolute Gasteiger partial charge is 0.494 e. The van der Waals surface area contributed by atoms with Gasteiger partial charge in [-0.25, -0.2) is 9.36 Å². The van der Waals surface area contributed by atoms with Gasteiger partial charge in [-0.3, -0.25) is 14.8 Å². The molecule has 1 aromatic heterocycles. The SMILES string of the molecule is O=c1[nH]c(=O)n(-c2ccc(Cl)cc2)c(O)c1C=C1C=Nc2ccccc21. The van der Waals surface area contributed by atoms with Gasteiger partial charge in [0.1, 0.15) is 5.56 Å². The molecule has 0 amide bonds. The lowest BCUT2D eigenvalue weighted by atomic mass is 10.1. The van der Waals surface area contributed by atoms with Crippen molar-refractivity contribution in [3.05, 3.63) is 85.5 Å². The molecular formula is C19H12ClN3O3. The van der Waals surface area contributed by atoms with Crippen LogP contribution in [0.4, 0.5) is 5.69 Å². The summed E-state index contributed by atoms with van der Waals surface area (Å²) in [4.78, 5) is 31.0. The lowest BCUT2D eigenvalue weighted by Gasteiger charge is -2.10. The van der Waals surface area contributed by atoms with Gasteiger partial charge < -0.3 is 5.11 Å². The number of benzene rings is 2. The predicted molar refractivity (Wildman–Crippen MR) is 102 cm³/mol. The first-order chi connectivity index (χ1) is 12.5. The monoisotopic (exact) mass is 365 g/mol. The number of aliphatic imine (C=N–C) groups is 1. The third kappa shape index (κ3) is 2.66. The Hall–Kier alpha value is -3.38. The molecule has 3 aromatic rings. The van der Waals surface area contributed by atoms with E-state index in [0.717, 1.165) is 15.8 Å². The number of aromatic amines is 1. The molecule has 0 radical (unpaired) electrons. The minimum absolute atomic E-state index is 0.0299. The van der Waals surface area contributed by atoms with Crippen LogP contribution in [0.3, 0.4) is 0 Å². The number of fused-ring (bicyclic) bond motifs is 1. The number of aromatic nitrogens is 2. The first-order valence-electron chi connectivity index (χ1n) is 7.74. The number of allylic oxidation sites excluding steroid dienone is 1. The summed E-state index contributed by atoms with van der Waals surface area (Å²) in [5, 5.41) is 11.1. The molecule has 2 heterocycles. The van der Waals surface area contributed by atoms with Gasteiger partial charge in [-0.1, -0.05) is 29.8 Å². The van der Waals surface area contributed by atoms with Crippen molar-refractivity contribution in [3.63, 3.8) is 0 Å². The number of hydrogen-bond acceptors (Lipinski definition) is 4. The van der Waals surface area contributed by atoms with Gasteiger partial charge >= 0.3 is 5.69 Å². The first-order valence-corrected chi connectivity index (χ1v) is 8.12. The number of nitrogens with one attached hydrogen (secondary N) is 1. The molecule has 1 aliphatic heterocycles. The highest BCUT2D eigenvalue weighted by Crippen LogP contribution is 2.32. The van der Waals surface area contributed by atoms with E-state index in [1.807, 2.05) is 24.3 Å². The average Bonchev–Trinajstić information content (AvgIpc) is 3.03. The maximum Gasteiger partial charge on any atom is 0.335 e. The van der Waals surface area contributed by atoms with Gasteiger partial charge in [-0.2, -0.15) is 0 Å². The topological polar surface area (TPSA) is 87.5 Å². The van der Waals surface area contributed by atoms with Gasteiger partial charge in [0.15, 0.2) is 0 Å². The Labute approximate surface area is 152 Å². The number of hydrogen-bond donors (Lipinski definition) is 2. The number of para-hydroxylation sites is 1. The predicted octanol–water partition coefficient (Wildman–Crippen LogP) is 3.14. The summed E-state index contributed by atoms with van der Waals surface area (Å²) in [5.41, 5.74) is 1.23. The van der Waals surface area contributed by atoms with E-state index >= 15 is 0 Å². The van der Waals surface area contributed by atoms with Crippen molar-refractivity contribution in [1.82, 2.24) is 9.55 Å². The fourth-order valence-corrected chi connectivity index (χ4v) is 2.93. The van der Waals surface area contributed by atoms with E-state index < -0.39 is 17.1 Å². The van der Waals surface area contributed by atoms with Crippen molar-refractivity contribution >= 4 is 35.2 Å². The number of aromatic hydroxyl groups is 1. The molecule has 0 unspecified atom stereocenters. The van der Waals surface area contributed by atoms with Crippen LogP contribution in [0.2, 0.25) is 5.02 Å². The van der Waals surface area contributed by atoms with Gasteiger partial charge in [-0.05, 0) is 36.4 Å². The maximum absolute atomic E-state index is 12.3. The standard InChI is InChI=1S/C19H12ClN3O3/c20-12-5-7-13(8-6-12)23-18(25)15(17(24)22-19(23)26)9-11-10-21-16-4-2-1-3-14(11)16/h1-10,25H,(H,22,24,26). The quantitative estimate of drug-likeness (QED) is 0.731. The van der Waals surface area contributed by atoms with Crippen LogP contribution < -0.4 is 11.2 Å². The minimum Gasteiger partial charge on any atom is -0.494 e. The van der Waals surface area contributed by atoms with Gasteiger partial charge in [0.05, 0.1) is 11.4 Å². The molecule has 0 bridgehead atoms. The Balaban J connectivity index is 1.91. The van der Waals surface area contributed by atoms with Crippen LogP contribution in [0.15, 0.2) is 63.1 Å². The van der Waals surface area contributed by atoms with E-state index in [-0.39, 0.29) is 5.56 Å². The van der Waals surface area contributed by atoms with E-state index in [4.69, 9.17) is 11.6 Å². The highest BCUT2D eigenvalue weighted by atomic mass is 35.5. The number of rotatable bonds is 2. The molecule has 4 rings (SSSR count).